The van der Waals surface area contributed by atoms with Crippen LogP contribution in [0.2, 0.25) is 0 Å². The van der Waals surface area contributed by atoms with Crippen LogP contribution in [0.3, 0.4) is 0 Å². The van der Waals surface area contributed by atoms with E-state index in [2.05, 4.69) is 5.32 Å². The van der Waals surface area contributed by atoms with Gasteiger partial charge in [0.15, 0.2) is 21.3 Å². The van der Waals surface area contributed by atoms with Gasteiger partial charge in [0, 0.05) is 6.54 Å². The van der Waals surface area contributed by atoms with Crippen LogP contribution in [-0.4, -0.2) is 56.2 Å². The molecule has 0 spiro atoms. The Morgan fingerprint density at radius 1 is 1.32 bits per heavy atom. The third kappa shape index (κ3) is 4.43. The highest BCUT2D eigenvalue weighted by atomic mass is 32.2. The van der Waals surface area contributed by atoms with E-state index < -0.39 is 15.4 Å². The molecule has 1 amide bonds. The molecule has 1 saturated heterocycles. The minimum absolute atomic E-state index is 0.0139. The van der Waals surface area contributed by atoms with Gasteiger partial charge in [-0.3, -0.25) is 9.69 Å². The van der Waals surface area contributed by atoms with Crippen molar-refractivity contribution >= 4 is 15.7 Å². The van der Waals surface area contributed by atoms with Gasteiger partial charge in [0.1, 0.15) is 0 Å². The number of hydrogen-bond acceptors (Lipinski definition) is 6. The smallest absolute Gasteiger partial charge is 0.234 e. The summed E-state index contributed by atoms with van der Waals surface area (Å²) in [5.74, 6) is 1.46. The van der Waals surface area contributed by atoms with Crippen LogP contribution < -0.4 is 14.8 Å². The molecule has 1 fully saturated rings. The number of ether oxygens (including phenoxy) is 2. The summed E-state index contributed by atoms with van der Waals surface area (Å²) in [7, 11) is -3.04. The van der Waals surface area contributed by atoms with E-state index in [-0.39, 0.29) is 30.8 Å². The molecule has 0 aliphatic carbocycles. The first-order valence-corrected chi connectivity index (χ1v) is 10.2. The Balaban J connectivity index is 1.57. The van der Waals surface area contributed by atoms with E-state index >= 15 is 0 Å². The number of hydrogen-bond donors (Lipinski definition) is 1. The summed E-state index contributed by atoms with van der Waals surface area (Å²) in [5, 5.41) is 2.90. The highest BCUT2D eigenvalue weighted by Gasteiger charge is 2.39. The van der Waals surface area contributed by atoms with Gasteiger partial charge < -0.3 is 14.8 Å². The van der Waals surface area contributed by atoms with Crippen molar-refractivity contribution in [1.82, 2.24) is 10.2 Å². The zero-order valence-corrected chi connectivity index (χ0v) is 15.4. The molecule has 25 heavy (non-hydrogen) atoms. The minimum atomic E-state index is -3.04. The summed E-state index contributed by atoms with van der Waals surface area (Å²) in [4.78, 5) is 14.4. The zero-order valence-electron chi connectivity index (χ0n) is 14.6. The summed E-state index contributed by atoms with van der Waals surface area (Å²) < 4.78 is 34.0. The Labute approximate surface area is 148 Å². The van der Waals surface area contributed by atoms with Gasteiger partial charge in [0.25, 0.3) is 0 Å². The second kappa shape index (κ2) is 6.84. The number of fused-ring (bicyclic) bond motifs is 1. The van der Waals surface area contributed by atoms with E-state index in [0.717, 1.165) is 17.1 Å². The van der Waals surface area contributed by atoms with Gasteiger partial charge in [0.2, 0.25) is 12.7 Å². The van der Waals surface area contributed by atoms with E-state index in [1.165, 1.54) is 0 Å². The van der Waals surface area contributed by atoms with Crippen molar-refractivity contribution in [3.05, 3.63) is 23.8 Å². The fraction of sp³-hybridized carbons (Fsp3) is 0.588. The molecule has 0 saturated carbocycles. The maximum atomic E-state index is 12.4. The Morgan fingerprint density at radius 2 is 2.08 bits per heavy atom. The molecule has 3 rings (SSSR count). The number of benzene rings is 1. The highest BCUT2D eigenvalue weighted by Crippen LogP contribution is 2.32. The molecule has 1 unspecified atom stereocenters. The molecule has 0 aromatic heterocycles. The van der Waals surface area contributed by atoms with Crippen LogP contribution in [0.15, 0.2) is 18.2 Å². The van der Waals surface area contributed by atoms with Gasteiger partial charge in [-0.1, -0.05) is 13.0 Å². The summed E-state index contributed by atoms with van der Waals surface area (Å²) in [6.45, 7) is 5.55. The molecule has 1 aromatic carbocycles. The molecule has 0 radical (unpaired) electrons. The molecule has 2 aliphatic heterocycles. The van der Waals surface area contributed by atoms with Gasteiger partial charge >= 0.3 is 0 Å². The molecular weight excluding hydrogens is 344 g/mol. The molecule has 1 atom stereocenters. The fourth-order valence-electron chi connectivity index (χ4n) is 3.27. The molecule has 138 valence electrons. The van der Waals surface area contributed by atoms with E-state index in [4.69, 9.17) is 9.47 Å². The van der Waals surface area contributed by atoms with Crippen molar-refractivity contribution in [2.75, 3.05) is 31.4 Å². The van der Waals surface area contributed by atoms with E-state index in [9.17, 15) is 13.2 Å². The number of nitrogens with one attached hydrogen (secondary N) is 1. The molecule has 1 N–H and O–H groups in total. The van der Waals surface area contributed by atoms with Crippen LogP contribution in [0.25, 0.3) is 0 Å². The second-order valence-corrected chi connectivity index (χ2v) is 9.13. The van der Waals surface area contributed by atoms with Crippen LogP contribution >= 0.6 is 0 Å². The predicted octanol–water partition coefficient (Wildman–Crippen LogP) is 0.931. The molecule has 2 heterocycles. The Hall–Kier alpha value is -1.80. The SMILES string of the molecule is CCN(CC(=O)NC1(C)CCS(=O)(=O)C1)Cc1ccc2c(c1)OCO2. The molecule has 1 aromatic rings. The van der Waals surface area contributed by atoms with Gasteiger partial charge in [-0.05, 0) is 37.6 Å². The monoisotopic (exact) mass is 368 g/mol. The standard InChI is InChI=1S/C17H24N2O5S/c1-3-19(9-13-4-5-14-15(8-13)24-12-23-14)10-16(20)18-17(2)6-7-25(21,22)11-17/h4-5,8H,3,6-7,9-12H2,1-2H3,(H,18,20). The topological polar surface area (TPSA) is 84.9 Å². The Bertz CT molecular complexity index is 764. The first-order chi connectivity index (χ1) is 11.8. The van der Waals surface area contributed by atoms with Crippen molar-refractivity contribution in [1.29, 1.82) is 0 Å². The molecule has 2 aliphatic rings. The minimum Gasteiger partial charge on any atom is -0.454 e. The predicted molar refractivity (Wildman–Crippen MR) is 93.3 cm³/mol. The van der Waals surface area contributed by atoms with E-state index in [0.29, 0.717) is 19.5 Å². The number of rotatable bonds is 6. The fourth-order valence-corrected chi connectivity index (χ4v) is 5.36. The van der Waals surface area contributed by atoms with Crippen LogP contribution in [0.5, 0.6) is 11.5 Å². The van der Waals surface area contributed by atoms with Gasteiger partial charge in [-0.2, -0.15) is 0 Å². The average molecular weight is 368 g/mol. The summed E-state index contributed by atoms with van der Waals surface area (Å²) in [6, 6.07) is 5.75. The lowest BCUT2D eigenvalue weighted by Crippen LogP contribution is -2.50. The number of carbonyl (C=O) groups is 1. The molecule has 0 bridgehead atoms. The van der Waals surface area contributed by atoms with Gasteiger partial charge in [0.05, 0.1) is 23.6 Å². The summed E-state index contributed by atoms with van der Waals surface area (Å²) in [6.07, 6.45) is 0.468. The molecule has 8 heteroatoms. The van der Waals surface area contributed by atoms with Crippen molar-refractivity contribution in [3.8, 4) is 11.5 Å². The van der Waals surface area contributed by atoms with Crippen molar-refractivity contribution in [2.24, 2.45) is 0 Å². The van der Waals surface area contributed by atoms with Crippen LogP contribution in [0, 0.1) is 0 Å². The Morgan fingerprint density at radius 3 is 2.76 bits per heavy atom. The number of sulfone groups is 1. The number of nitrogens with zero attached hydrogens (tertiary/aromatic N) is 1. The molecule has 7 nitrogen and oxygen atoms in total. The highest BCUT2D eigenvalue weighted by molar-refractivity contribution is 7.91. The largest absolute Gasteiger partial charge is 0.454 e. The van der Waals surface area contributed by atoms with Crippen molar-refractivity contribution in [3.63, 3.8) is 0 Å². The lowest BCUT2D eigenvalue weighted by Gasteiger charge is -2.26. The number of likely N-dealkylation sites (N-methyl/N-ethyl adjacent to an activating group) is 1. The molecular formula is C17H24N2O5S. The van der Waals surface area contributed by atoms with Crippen LogP contribution in [-0.2, 0) is 21.2 Å². The maximum Gasteiger partial charge on any atom is 0.234 e. The third-order valence-corrected chi connectivity index (χ3v) is 6.51. The normalized spacial score (nSPS) is 23.8. The number of amides is 1. The zero-order chi connectivity index (χ0) is 18.1. The lowest BCUT2D eigenvalue weighted by atomic mass is 10.0. The first-order valence-electron chi connectivity index (χ1n) is 8.41. The van der Waals surface area contributed by atoms with Gasteiger partial charge in [-0.15, -0.1) is 0 Å². The van der Waals surface area contributed by atoms with Crippen molar-refractivity contribution in [2.45, 2.75) is 32.4 Å². The van der Waals surface area contributed by atoms with Crippen molar-refractivity contribution < 1.29 is 22.7 Å². The number of carbonyl (C=O) groups excluding carboxylic acids is 1. The first kappa shape index (κ1) is 18.0. The Kier molecular flexibility index (Phi) is 4.92. The summed E-state index contributed by atoms with van der Waals surface area (Å²) in [5.41, 5.74) is 0.377. The van der Waals surface area contributed by atoms with Gasteiger partial charge in [-0.25, -0.2) is 8.42 Å². The van der Waals surface area contributed by atoms with E-state index in [1.807, 2.05) is 30.0 Å². The van der Waals surface area contributed by atoms with E-state index in [1.54, 1.807) is 6.92 Å². The van der Waals surface area contributed by atoms with Crippen LogP contribution in [0.1, 0.15) is 25.8 Å². The van der Waals surface area contributed by atoms with Crippen LogP contribution in [0.4, 0.5) is 0 Å². The maximum absolute atomic E-state index is 12.4. The summed E-state index contributed by atoms with van der Waals surface area (Å²) >= 11 is 0. The lowest BCUT2D eigenvalue weighted by molar-refractivity contribution is -0.123. The third-order valence-electron chi connectivity index (χ3n) is 4.60. The average Bonchev–Trinajstić information content (AvgIpc) is 3.09. The quantitative estimate of drug-likeness (QED) is 0.804. The second-order valence-electron chi connectivity index (χ2n) is 6.94.